The molecule has 0 aromatic carbocycles. The largest absolute Gasteiger partial charge is 0.346 e. The number of nitrogens with one attached hydrogen (secondary N) is 2. The number of halogens is 1. The molecule has 0 fully saturated rings. The Balaban J connectivity index is 2.07. The van der Waals surface area contributed by atoms with E-state index >= 15 is 0 Å². The molecule has 5 nitrogen and oxygen atoms in total. The number of aryl methyl sites for hydroxylation is 1. The minimum atomic E-state index is -0.332. The third-order valence-electron chi connectivity index (χ3n) is 3.33. The van der Waals surface area contributed by atoms with Gasteiger partial charge < -0.3 is 4.57 Å². The molecule has 22 heavy (non-hydrogen) atoms. The van der Waals surface area contributed by atoms with Crippen molar-refractivity contribution in [3.8, 4) is 0 Å². The molecule has 2 rings (SSSR count). The van der Waals surface area contributed by atoms with Gasteiger partial charge in [0.2, 0.25) is 0 Å². The van der Waals surface area contributed by atoms with Gasteiger partial charge in [0.25, 0.3) is 11.8 Å². The molecule has 2 heterocycles. The van der Waals surface area contributed by atoms with Crippen LogP contribution in [0.3, 0.4) is 0 Å². The van der Waals surface area contributed by atoms with E-state index in [4.69, 9.17) is 0 Å². The molecule has 0 saturated carbocycles. The number of amides is 2. The van der Waals surface area contributed by atoms with Crippen molar-refractivity contribution in [2.45, 2.75) is 33.7 Å². The molecule has 0 saturated heterocycles. The minimum absolute atomic E-state index is 0.277. The fourth-order valence-electron chi connectivity index (χ4n) is 2.48. The zero-order valence-electron chi connectivity index (χ0n) is 12.9. The van der Waals surface area contributed by atoms with Gasteiger partial charge >= 0.3 is 0 Å². The van der Waals surface area contributed by atoms with Gasteiger partial charge in [-0.1, -0.05) is 0 Å². The third-order valence-corrected chi connectivity index (χ3v) is 4.95. The summed E-state index contributed by atoms with van der Waals surface area (Å²) in [4.78, 5) is 24.7. The zero-order chi connectivity index (χ0) is 16.4. The lowest BCUT2D eigenvalue weighted by molar-refractivity contribution is 0.0848. The molecule has 2 N–H and O–H groups in total. The van der Waals surface area contributed by atoms with Crippen molar-refractivity contribution in [1.82, 2.24) is 15.4 Å². The van der Waals surface area contributed by atoms with Crippen molar-refractivity contribution in [3.63, 3.8) is 0 Å². The first-order valence-corrected chi connectivity index (χ1v) is 8.46. The van der Waals surface area contributed by atoms with Crippen LogP contribution in [0.25, 0.3) is 0 Å². The molecule has 0 atom stereocenters. The average Bonchev–Trinajstić information content (AvgIpc) is 2.99. The van der Waals surface area contributed by atoms with Crippen LogP contribution in [0.1, 0.15) is 51.3 Å². The first-order chi connectivity index (χ1) is 10.3. The van der Waals surface area contributed by atoms with Crippen molar-refractivity contribution in [2.75, 3.05) is 0 Å². The van der Waals surface area contributed by atoms with E-state index in [0.717, 1.165) is 15.2 Å². The number of carbonyl (C=O) groups excluding carboxylic acids is 2. The summed E-state index contributed by atoms with van der Waals surface area (Å²) in [7, 11) is 0. The highest BCUT2D eigenvalue weighted by Gasteiger charge is 2.18. The van der Waals surface area contributed by atoms with Gasteiger partial charge in [-0.05, 0) is 61.8 Å². The van der Waals surface area contributed by atoms with E-state index in [1.807, 2.05) is 19.9 Å². The molecule has 0 aliphatic carbocycles. The van der Waals surface area contributed by atoms with Crippen LogP contribution in [0.4, 0.5) is 0 Å². The maximum atomic E-state index is 12.2. The normalized spacial score (nSPS) is 10.8. The van der Waals surface area contributed by atoms with Gasteiger partial charge in [0, 0.05) is 17.4 Å². The summed E-state index contributed by atoms with van der Waals surface area (Å²) in [5.41, 5.74) is 7.38. The van der Waals surface area contributed by atoms with E-state index in [1.54, 1.807) is 12.1 Å². The van der Waals surface area contributed by atoms with E-state index in [0.29, 0.717) is 10.4 Å². The predicted octanol–water partition coefficient (Wildman–Crippen LogP) is 3.58. The minimum Gasteiger partial charge on any atom is -0.346 e. The van der Waals surface area contributed by atoms with Crippen molar-refractivity contribution in [1.29, 1.82) is 0 Å². The van der Waals surface area contributed by atoms with Gasteiger partial charge in [-0.2, -0.15) is 0 Å². The van der Waals surface area contributed by atoms with Crippen LogP contribution in [0.2, 0.25) is 0 Å². The number of thiophene rings is 1. The van der Waals surface area contributed by atoms with Gasteiger partial charge in [-0.3, -0.25) is 20.4 Å². The fraction of sp³-hybridized carbons (Fsp3) is 0.333. The van der Waals surface area contributed by atoms with E-state index in [2.05, 4.69) is 45.2 Å². The first kappa shape index (κ1) is 16.8. The van der Waals surface area contributed by atoms with E-state index in [1.165, 1.54) is 11.3 Å². The highest BCUT2D eigenvalue weighted by Crippen LogP contribution is 2.22. The first-order valence-electron chi connectivity index (χ1n) is 6.85. The van der Waals surface area contributed by atoms with Crippen LogP contribution in [-0.2, 0) is 0 Å². The number of hydrazine groups is 1. The molecule has 0 bridgehead atoms. The van der Waals surface area contributed by atoms with Crippen LogP contribution in [0, 0.1) is 13.8 Å². The smallest absolute Gasteiger partial charge is 0.279 e. The van der Waals surface area contributed by atoms with E-state index in [-0.39, 0.29) is 17.9 Å². The standard InChI is InChI=1S/C15H18BrN3O2S/c1-8(2)19-9(3)7-11(10(19)4)14(20)17-18-15(21)12-5-6-13(16)22-12/h5-8H,1-4H3,(H,17,20)(H,18,21). The summed E-state index contributed by atoms with van der Waals surface area (Å²) in [5.74, 6) is -0.648. The Bertz CT molecular complexity index is 718. The molecular weight excluding hydrogens is 366 g/mol. The van der Waals surface area contributed by atoms with Crippen LogP contribution in [0.15, 0.2) is 22.0 Å². The molecule has 0 aliphatic rings. The number of nitrogens with zero attached hydrogens (tertiary/aromatic N) is 1. The Labute approximate surface area is 141 Å². The number of hydrogen-bond acceptors (Lipinski definition) is 3. The highest BCUT2D eigenvalue weighted by atomic mass is 79.9. The molecule has 7 heteroatoms. The SMILES string of the molecule is Cc1cc(C(=O)NNC(=O)c2ccc(Br)s2)c(C)n1C(C)C. The number of carbonyl (C=O) groups is 2. The lowest BCUT2D eigenvalue weighted by Gasteiger charge is -2.13. The molecule has 0 spiro atoms. The number of hydrogen-bond donors (Lipinski definition) is 2. The van der Waals surface area contributed by atoms with Crippen molar-refractivity contribution in [2.24, 2.45) is 0 Å². The highest BCUT2D eigenvalue weighted by molar-refractivity contribution is 9.11. The second kappa shape index (κ2) is 6.66. The van der Waals surface area contributed by atoms with Crippen LogP contribution in [0.5, 0.6) is 0 Å². The molecule has 0 radical (unpaired) electrons. The summed E-state index contributed by atoms with van der Waals surface area (Å²) in [6, 6.07) is 5.59. The Hall–Kier alpha value is -1.60. The summed E-state index contributed by atoms with van der Waals surface area (Å²) in [5, 5.41) is 0. The quantitative estimate of drug-likeness (QED) is 0.795. The van der Waals surface area contributed by atoms with E-state index < -0.39 is 0 Å². The Kier molecular flexibility index (Phi) is 5.08. The van der Waals surface area contributed by atoms with Crippen molar-refractivity contribution >= 4 is 39.1 Å². The topological polar surface area (TPSA) is 63.1 Å². The Morgan fingerprint density at radius 2 is 1.82 bits per heavy atom. The maximum Gasteiger partial charge on any atom is 0.279 e. The predicted molar refractivity (Wildman–Crippen MR) is 91.2 cm³/mol. The lowest BCUT2D eigenvalue weighted by atomic mass is 10.2. The second-order valence-electron chi connectivity index (χ2n) is 5.26. The average molecular weight is 384 g/mol. The monoisotopic (exact) mass is 383 g/mol. The van der Waals surface area contributed by atoms with Gasteiger partial charge in [-0.25, -0.2) is 0 Å². The summed E-state index contributed by atoms with van der Waals surface area (Å²) in [6.07, 6.45) is 0. The summed E-state index contributed by atoms with van der Waals surface area (Å²) in [6.45, 7) is 8.00. The van der Waals surface area contributed by atoms with Gasteiger partial charge in [0.1, 0.15) is 0 Å². The molecule has 2 aromatic rings. The van der Waals surface area contributed by atoms with Gasteiger partial charge in [-0.15, -0.1) is 11.3 Å². The molecule has 0 unspecified atom stereocenters. The van der Waals surface area contributed by atoms with Crippen molar-refractivity contribution < 1.29 is 9.59 Å². The van der Waals surface area contributed by atoms with Crippen LogP contribution >= 0.6 is 27.3 Å². The second-order valence-corrected chi connectivity index (χ2v) is 7.72. The lowest BCUT2D eigenvalue weighted by Crippen LogP contribution is -2.41. The zero-order valence-corrected chi connectivity index (χ0v) is 15.3. The summed E-state index contributed by atoms with van der Waals surface area (Å²) < 4.78 is 2.96. The van der Waals surface area contributed by atoms with Crippen LogP contribution in [-0.4, -0.2) is 16.4 Å². The molecule has 2 amide bonds. The molecular formula is C15H18BrN3O2S. The summed E-state index contributed by atoms with van der Waals surface area (Å²) >= 11 is 4.61. The van der Waals surface area contributed by atoms with E-state index in [9.17, 15) is 9.59 Å². The Morgan fingerprint density at radius 1 is 1.18 bits per heavy atom. The maximum absolute atomic E-state index is 12.2. The molecule has 2 aromatic heterocycles. The molecule has 0 aliphatic heterocycles. The fourth-order valence-corrected chi connectivity index (χ4v) is 3.76. The third kappa shape index (κ3) is 3.41. The van der Waals surface area contributed by atoms with Crippen molar-refractivity contribution in [3.05, 3.63) is 43.8 Å². The Morgan fingerprint density at radius 3 is 2.32 bits per heavy atom. The molecule has 118 valence electrons. The van der Waals surface area contributed by atoms with Gasteiger partial charge in [0.15, 0.2) is 0 Å². The van der Waals surface area contributed by atoms with Crippen LogP contribution < -0.4 is 10.9 Å². The number of aromatic nitrogens is 1. The van der Waals surface area contributed by atoms with Gasteiger partial charge in [0.05, 0.1) is 14.2 Å². The number of rotatable bonds is 3.